The first-order chi connectivity index (χ1) is 6.61. The van der Waals surface area contributed by atoms with Gasteiger partial charge in [0.15, 0.2) is 0 Å². The lowest BCUT2D eigenvalue weighted by Crippen LogP contribution is -2.00. The van der Waals surface area contributed by atoms with Crippen LogP contribution in [0.15, 0.2) is 10.8 Å². The molecule has 0 saturated carbocycles. The second-order valence-corrected chi connectivity index (χ2v) is 3.18. The highest BCUT2D eigenvalue weighted by Crippen LogP contribution is 2.27. The highest BCUT2D eigenvalue weighted by atomic mass is 79.9. The fraction of sp³-hybridized carbons (Fsp3) is 0.250. The zero-order chi connectivity index (χ0) is 10.7. The van der Waals surface area contributed by atoms with E-state index in [1.165, 1.54) is 0 Å². The lowest BCUT2D eigenvalue weighted by molar-refractivity contribution is 0.150. The smallest absolute Gasteiger partial charge is 0.266 e. The van der Waals surface area contributed by atoms with E-state index in [1.807, 2.05) is 0 Å². The van der Waals surface area contributed by atoms with E-state index in [2.05, 4.69) is 20.9 Å². The summed E-state index contributed by atoms with van der Waals surface area (Å²) in [5.41, 5.74) is -0.588. The molecule has 0 aliphatic carbocycles. The third-order valence-corrected chi connectivity index (χ3v) is 2.34. The number of pyridine rings is 1. The van der Waals surface area contributed by atoms with Crippen molar-refractivity contribution in [2.45, 2.75) is 13.0 Å². The minimum Gasteiger partial charge on any atom is -0.392 e. The summed E-state index contributed by atoms with van der Waals surface area (Å²) >= 11 is 2.96. The molecule has 74 valence electrons. The molecule has 3 nitrogen and oxygen atoms in total. The number of aliphatic hydroxyl groups excluding tert-OH is 1. The Kier molecular flexibility index (Phi) is 3.49. The largest absolute Gasteiger partial charge is 0.392 e. The number of hydrogen-bond donors (Lipinski definition) is 1. The number of aromatic nitrogens is 1. The molecule has 14 heavy (non-hydrogen) atoms. The first-order valence-electron chi connectivity index (χ1n) is 3.58. The van der Waals surface area contributed by atoms with Crippen LogP contribution in [-0.4, -0.2) is 10.1 Å². The molecule has 0 aliphatic heterocycles. The average Bonchev–Trinajstić information content (AvgIpc) is 2.16. The van der Waals surface area contributed by atoms with Crippen molar-refractivity contribution in [3.63, 3.8) is 0 Å². The first kappa shape index (κ1) is 11.0. The third kappa shape index (κ3) is 1.89. The number of halogens is 3. The summed E-state index contributed by atoms with van der Waals surface area (Å²) < 4.78 is 25.0. The summed E-state index contributed by atoms with van der Waals surface area (Å²) in [4.78, 5) is 3.61. The van der Waals surface area contributed by atoms with Crippen LogP contribution < -0.4 is 0 Å². The molecule has 1 aromatic rings. The molecule has 0 aliphatic rings. The number of rotatable bonds is 2. The van der Waals surface area contributed by atoms with Crippen LogP contribution in [0.5, 0.6) is 0 Å². The van der Waals surface area contributed by atoms with Gasteiger partial charge in [0.2, 0.25) is 0 Å². The molecule has 6 heteroatoms. The second kappa shape index (κ2) is 4.44. The zero-order valence-corrected chi connectivity index (χ0v) is 8.42. The summed E-state index contributed by atoms with van der Waals surface area (Å²) in [6.07, 6.45) is -1.84. The fourth-order valence-electron chi connectivity index (χ4n) is 0.988. The van der Waals surface area contributed by atoms with Crippen LogP contribution in [-0.2, 0) is 6.61 Å². The van der Waals surface area contributed by atoms with Crippen molar-refractivity contribution in [2.24, 2.45) is 0 Å². The van der Waals surface area contributed by atoms with Crippen LogP contribution in [0.3, 0.4) is 0 Å². The van der Waals surface area contributed by atoms with Gasteiger partial charge < -0.3 is 5.11 Å². The Balaban J connectivity index is 3.43. The highest BCUT2D eigenvalue weighted by molar-refractivity contribution is 9.10. The molecule has 1 rings (SSSR count). The Morgan fingerprint density at radius 1 is 1.64 bits per heavy atom. The van der Waals surface area contributed by atoms with E-state index in [0.29, 0.717) is 0 Å². The number of nitriles is 1. The van der Waals surface area contributed by atoms with Crippen LogP contribution in [0, 0.1) is 11.3 Å². The summed E-state index contributed by atoms with van der Waals surface area (Å²) in [7, 11) is 0. The monoisotopic (exact) mass is 262 g/mol. The lowest BCUT2D eigenvalue weighted by Gasteiger charge is -2.07. The van der Waals surface area contributed by atoms with Gasteiger partial charge in [-0.15, -0.1) is 0 Å². The maximum atomic E-state index is 12.4. The second-order valence-electron chi connectivity index (χ2n) is 2.43. The van der Waals surface area contributed by atoms with E-state index in [1.54, 1.807) is 6.07 Å². The molecule has 1 aromatic heterocycles. The van der Waals surface area contributed by atoms with Crippen molar-refractivity contribution >= 4 is 15.9 Å². The van der Waals surface area contributed by atoms with Gasteiger partial charge in [-0.05, 0) is 15.9 Å². The molecule has 0 amide bonds. The Morgan fingerprint density at radius 2 is 2.29 bits per heavy atom. The van der Waals surface area contributed by atoms with Crippen molar-refractivity contribution in [1.82, 2.24) is 4.98 Å². The van der Waals surface area contributed by atoms with Gasteiger partial charge >= 0.3 is 0 Å². The van der Waals surface area contributed by atoms with Crippen molar-refractivity contribution in [3.05, 3.63) is 27.5 Å². The summed E-state index contributed by atoms with van der Waals surface area (Å²) in [6.45, 7) is -0.503. The molecule has 0 fully saturated rings. The molecular weight excluding hydrogens is 258 g/mol. The van der Waals surface area contributed by atoms with Crippen LogP contribution >= 0.6 is 15.9 Å². The van der Waals surface area contributed by atoms with Crippen LogP contribution in [0.2, 0.25) is 0 Å². The molecule has 0 saturated heterocycles. The van der Waals surface area contributed by atoms with Crippen molar-refractivity contribution < 1.29 is 13.9 Å². The molecule has 0 unspecified atom stereocenters. The van der Waals surface area contributed by atoms with Gasteiger partial charge in [-0.25, -0.2) is 13.8 Å². The highest BCUT2D eigenvalue weighted by Gasteiger charge is 2.18. The van der Waals surface area contributed by atoms with Crippen LogP contribution in [0.25, 0.3) is 0 Å². The molecule has 0 radical (unpaired) electrons. The number of alkyl halides is 2. The average molecular weight is 263 g/mol. The van der Waals surface area contributed by atoms with E-state index in [0.717, 1.165) is 6.20 Å². The Hall–Kier alpha value is -1.06. The first-order valence-corrected chi connectivity index (χ1v) is 4.37. The minimum atomic E-state index is -2.77. The quantitative estimate of drug-likeness (QED) is 0.831. The summed E-state index contributed by atoms with van der Waals surface area (Å²) in [6, 6.07) is 1.63. The van der Waals surface area contributed by atoms with Crippen LogP contribution in [0.1, 0.15) is 23.1 Å². The summed E-state index contributed by atoms with van der Waals surface area (Å²) in [5, 5.41) is 17.5. The van der Waals surface area contributed by atoms with E-state index >= 15 is 0 Å². The third-order valence-electron chi connectivity index (χ3n) is 1.66. The van der Waals surface area contributed by atoms with Gasteiger partial charge in [-0.2, -0.15) is 5.26 Å². The SMILES string of the molecule is N#Cc1c(C(F)F)cnc(Br)c1CO. The standard InChI is InChI=1S/C8H5BrF2N2O/c9-7-6(3-14)4(1-12)5(2-13-7)8(10)11/h2,8,14H,3H2. The molecule has 1 N–H and O–H groups in total. The van der Waals surface area contributed by atoms with Crippen molar-refractivity contribution in [2.75, 3.05) is 0 Å². The molecule has 0 aromatic carbocycles. The molecular formula is C8H5BrF2N2O. The lowest BCUT2D eigenvalue weighted by atomic mass is 10.1. The van der Waals surface area contributed by atoms with Gasteiger partial charge in [-0.1, -0.05) is 0 Å². The van der Waals surface area contributed by atoms with Crippen molar-refractivity contribution in [1.29, 1.82) is 5.26 Å². The molecule has 0 atom stereocenters. The van der Waals surface area contributed by atoms with Crippen LogP contribution in [0.4, 0.5) is 8.78 Å². The maximum absolute atomic E-state index is 12.4. The van der Waals surface area contributed by atoms with Gasteiger partial charge in [-0.3, -0.25) is 0 Å². The van der Waals surface area contributed by atoms with Crippen molar-refractivity contribution in [3.8, 4) is 6.07 Å². The number of aliphatic hydroxyl groups is 1. The maximum Gasteiger partial charge on any atom is 0.266 e. The van der Waals surface area contributed by atoms with Gasteiger partial charge in [0, 0.05) is 11.8 Å². The molecule has 1 heterocycles. The van der Waals surface area contributed by atoms with E-state index in [-0.39, 0.29) is 15.7 Å². The predicted octanol–water partition coefficient (Wildman–Crippen LogP) is 2.15. The minimum absolute atomic E-state index is 0.0882. The topological polar surface area (TPSA) is 56.9 Å². The number of hydrogen-bond acceptors (Lipinski definition) is 3. The number of nitrogens with zero attached hydrogens (tertiary/aromatic N) is 2. The molecule has 0 bridgehead atoms. The summed E-state index contributed by atoms with van der Waals surface area (Å²) in [5.74, 6) is 0. The Labute approximate surface area is 87.1 Å². The van der Waals surface area contributed by atoms with Gasteiger partial charge in [0.1, 0.15) is 10.7 Å². The Morgan fingerprint density at radius 3 is 2.71 bits per heavy atom. The fourth-order valence-corrected chi connectivity index (χ4v) is 1.41. The van der Waals surface area contributed by atoms with E-state index in [9.17, 15) is 8.78 Å². The van der Waals surface area contributed by atoms with E-state index < -0.39 is 18.6 Å². The molecule has 0 spiro atoms. The van der Waals surface area contributed by atoms with Gasteiger partial charge in [0.05, 0.1) is 17.7 Å². The predicted molar refractivity (Wildman–Crippen MR) is 47.5 cm³/mol. The van der Waals surface area contributed by atoms with Gasteiger partial charge in [0.25, 0.3) is 6.43 Å². The zero-order valence-electron chi connectivity index (χ0n) is 6.84. The van der Waals surface area contributed by atoms with E-state index in [4.69, 9.17) is 10.4 Å². The Bertz CT molecular complexity index is 390. The normalized spacial score (nSPS) is 10.3.